The zero-order chi connectivity index (χ0) is 14.2. The number of nitrogens with zero attached hydrogens (tertiary/aromatic N) is 1. The van der Waals surface area contributed by atoms with Crippen molar-refractivity contribution in [1.29, 1.82) is 0 Å². The van der Waals surface area contributed by atoms with Crippen molar-refractivity contribution in [2.45, 2.75) is 33.2 Å². The van der Waals surface area contributed by atoms with Crippen molar-refractivity contribution >= 4 is 11.8 Å². The number of nitrogens with two attached hydrogens (primary N) is 1. The third-order valence-electron chi connectivity index (χ3n) is 4.10. The van der Waals surface area contributed by atoms with Gasteiger partial charge in [-0.25, -0.2) is 0 Å². The number of rotatable bonds is 3. The van der Waals surface area contributed by atoms with Gasteiger partial charge in [-0.05, 0) is 37.5 Å². The van der Waals surface area contributed by atoms with Crippen LogP contribution in [0.4, 0.5) is 0 Å². The number of aryl methyl sites for hydroxylation is 1. The van der Waals surface area contributed by atoms with Gasteiger partial charge in [0.1, 0.15) is 0 Å². The van der Waals surface area contributed by atoms with E-state index in [0.717, 1.165) is 16.7 Å². The highest BCUT2D eigenvalue weighted by Crippen LogP contribution is 2.39. The quantitative estimate of drug-likeness (QED) is 0.899. The summed E-state index contributed by atoms with van der Waals surface area (Å²) in [6.45, 7) is 6.59. The second kappa shape index (κ2) is 5.03. The first-order valence-electron chi connectivity index (χ1n) is 6.62. The molecule has 2 rings (SSSR count). The molecule has 1 saturated heterocycles. The largest absolute Gasteiger partial charge is 0.369 e. The second-order valence-electron chi connectivity index (χ2n) is 5.13. The Morgan fingerprint density at radius 2 is 2.11 bits per heavy atom. The van der Waals surface area contributed by atoms with Crippen LogP contribution in [-0.4, -0.2) is 23.3 Å². The molecule has 4 heteroatoms. The summed E-state index contributed by atoms with van der Waals surface area (Å²) in [7, 11) is 0. The van der Waals surface area contributed by atoms with E-state index in [4.69, 9.17) is 5.73 Å². The number of carbonyl (C=O) groups excluding carboxylic acids is 2. The molecule has 0 spiro atoms. The smallest absolute Gasteiger partial charge is 0.223 e. The molecule has 0 unspecified atom stereocenters. The van der Waals surface area contributed by atoms with Crippen LogP contribution < -0.4 is 5.73 Å². The zero-order valence-corrected chi connectivity index (χ0v) is 11.6. The third-order valence-corrected chi connectivity index (χ3v) is 4.10. The zero-order valence-electron chi connectivity index (χ0n) is 11.6. The number of likely N-dealkylation sites (tertiary alicyclic amines) is 1. The monoisotopic (exact) mass is 260 g/mol. The fourth-order valence-electron chi connectivity index (χ4n) is 2.90. The Labute approximate surface area is 113 Å². The van der Waals surface area contributed by atoms with E-state index in [2.05, 4.69) is 0 Å². The molecule has 0 aliphatic carbocycles. The summed E-state index contributed by atoms with van der Waals surface area (Å²) in [4.78, 5) is 25.4. The molecular formula is C15H20N2O2. The molecule has 1 aromatic rings. The van der Waals surface area contributed by atoms with Gasteiger partial charge in [-0.3, -0.25) is 9.59 Å². The lowest BCUT2D eigenvalue weighted by atomic mass is 9.89. The van der Waals surface area contributed by atoms with Crippen molar-refractivity contribution in [3.8, 4) is 0 Å². The van der Waals surface area contributed by atoms with Crippen LogP contribution in [0.1, 0.15) is 36.1 Å². The van der Waals surface area contributed by atoms with Gasteiger partial charge in [-0.1, -0.05) is 18.2 Å². The lowest BCUT2D eigenvalue weighted by Gasteiger charge is -2.28. The molecule has 19 heavy (non-hydrogen) atoms. The van der Waals surface area contributed by atoms with E-state index in [1.54, 1.807) is 4.90 Å². The number of carbonyl (C=O) groups is 2. The molecular weight excluding hydrogens is 240 g/mol. The van der Waals surface area contributed by atoms with E-state index in [9.17, 15) is 9.59 Å². The van der Waals surface area contributed by atoms with Gasteiger partial charge in [0.05, 0.1) is 12.0 Å². The number of hydrogen-bond donors (Lipinski definition) is 1. The van der Waals surface area contributed by atoms with Crippen LogP contribution in [0.2, 0.25) is 0 Å². The Morgan fingerprint density at radius 3 is 2.68 bits per heavy atom. The first-order valence-corrected chi connectivity index (χ1v) is 6.62. The van der Waals surface area contributed by atoms with E-state index in [-0.39, 0.29) is 18.4 Å². The van der Waals surface area contributed by atoms with E-state index in [0.29, 0.717) is 6.54 Å². The Balaban J connectivity index is 2.51. The van der Waals surface area contributed by atoms with Crippen molar-refractivity contribution in [2.75, 3.05) is 6.54 Å². The molecule has 1 aliphatic rings. The maximum Gasteiger partial charge on any atom is 0.223 e. The van der Waals surface area contributed by atoms with E-state index in [1.165, 1.54) is 0 Å². The van der Waals surface area contributed by atoms with Crippen molar-refractivity contribution in [2.24, 2.45) is 11.7 Å². The Hall–Kier alpha value is -1.84. The molecule has 0 aromatic heterocycles. The first-order chi connectivity index (χ1) is 8.97. The van der Waals surface area contributed by atoms with Gasteiger partial charge in [0.2, 0.25) is 11.8 Å². The molecule has 0 saturated carbocycles. The summed E-state index contributed by atoms with van der Waals surface area (Å²) >= 11 is 0. The van der Waals surface area contributed by atoms with Crippen LogP contribution in [0, 0.1) is 19.8 Å². The van der Waals surface area contributed by atoms with Crippen LogP contribution in [0.15, 0.2) is 18.2 Å². The van der Waals surface area contributed by atoms with Crippen LogP contribution in [0.5, 0.6) is 0 Å². The van der Waals surface area contributed by atoms with E-state index >= 15 is 0 Å². The SMILES string of the molecule is CCN1C(=O)C[C@@H](C(N)=O)[C@@H]1c1cccc(C)c1C. The fourth-order valence-corrected chi connectivity index (χ4v) is 2.90. The van der Waals surface area contributed by atoms with Gasteiger partial charge in [0, 0.05) is 13.0 Å². The molecule has 1 heterocycles. The summed E-state index contributed by atoms with van der Waals surface area (Å²) in [5.41, 5.74) is 8.81. The predicted molar refractivity (Wildman–Crippen MR) is 73.3 cm³/mol. The van der Waals surface area contributed by atoms with Gasteiger partial charge in [-0.15, -0.1) is 0 Å². The third kappa shape index (κ3) is 2.23. The molecule has 102 valence electrons. The summed E-state index contributed by atoms with van der Waals surface area (Å²) < 4.78 is 0. The van der Waals surface area contributed by atoms with Gasteiger partial charge >= 0.3 is 0 Å². The maximum absolute atomic E-state index is 12.0. The molecule has 1 aromatic carbocycles. The lowest BCUT2D eigenvalue weighted by molar-refractivity contribution is -0.129. The Morgan fingerprint density at radius 1 is 1.42 bits per heavy atom. The number of hydrogen-bond acceptors (Lipinski definition) is 2. The number of primary amides is 1. The van der Waals surface area contributed by atoms with Crippen LogP contribution in [-0.2, 0) is 9.59 Å². The van der Waals surface area contributed by atoms with Crippen molar-refractivity contribution in [1.82, 2.24) is 4.90 Å². The first kappa shape index (κ1) is 13.6. The molecule has 1 aliphatic heterocycles. The summed E-state index contributed by atoms with van der Waals surface area (Å²) in [6, 6.07) is 5.77. The highest BCUT2D eigenvalue weighted by Gasteiger charge is 2.43. The minimum absolute atomic E-state index is 0.0113. The normalized spacial score (nSPS) is 22.9. The molecule has 0 radical (unpaired) electrons. The molecule has 0 bridgehead atoms. The molecule has 1 fully saturated rings. The highest BCUT2D eigenvalue weighted by molar-refractivity contribution is 5.89. The van der Waals surface area contributed by atoms with Gasteiger partial charge in [0.25, 0.3) is 0 Å². The molecule has 2 atom stereocenters. The standard InChI is InChI=1S/C15H20N2O2/c1-4-17-13(18)8-12(15(16)19)14(17)11-7-5-6-9(2)10(11)3/h5-7,12,14H,4,8H2,1-3H3,(H2,16,19)/t12-,14+/m1/s1. The minimum atomic E-state index is -0.423. The van der Waals surface area contributed by atoms with Crippen molar-refractivity contribution < 1.29 is 9.59 Å². The van der Waals surface area contributed by atoms with Crippen LogP contribution in [0.3, 0.4) is 0 Å². The van der Waals surface area contributed by atoms with Crippen LogP contribution in [0.25, 0.3) is 0 Å². The van der Waals surface area contributed by atoms with Crippen molar-refractivity contribution in [3.63, 3.8) is 0 Å². The van der Waals surface area contributed by atoms with E-state index < -0.39 is 11.8 Å². The summed E-state index contributed by atoms with van der Waals surface area (Å²) in [6.07, 6.45) is 0.223. The minimum Gasteiger partial charge on any atom is -0.369 e. The van der Waals surface area contributed by atoms with Crippen LogP contribution >= 0.6 is 0 Å². The molecule has 4 nitrogen and oxygen atoms in total. The number of amides is 2. The summed E-state index contributed by atoms with van der Waals surface area (Å²) in [5, 5.41) is 0. The predicted octanol–water partition coefficient (Wildman–Crippen LogP) is 1.70. The van der Waals surface area contributed by atoms with Gasteiger partial charge in [-0.2, -0.15) is 0 Å². The average Bonchev–Trinajstić information content (AvgIpc) is 2.69. The highest BCUT2D eigenvalue weighted by atomic mass is 16.2. The Bertz CT molecular complexity index is 525. The van der Waals surface area contributed by atoms with Crippen molar-refractivity contribution in [3.05, 3.63) is 34.9 Å². The summed E-state index contributed by atoms with van der Waals surface area (Å²) in [5.74, 6) is -0.805. The Kier molecular flexibility index (Phi) is 3.60. The van der Waals surface area contributed by atoms with Gasteiger partial charge < -0.3 is 10.6 Å². The van der Waals surface area contributed by atoms with Gasteiger partial charge in [0.15, 0.2) is 0 Å². The van der Waals surface area contributed by atoms with E-state index in [1.807, 2.05) is 39.0 Å². The number of benzene rings is 1. The molecule has 2 amide bonds. The second-order valence-corrected chi connectivity index (χ2v) is 5.13. The average molecular weight is 260 g/mol. The molecule has 2 N–H and O–H groups in total. The topological polar surface area (TPSA) is 63.4 Å². The fraction of sp³-hybridized carbons (Fsp3) is 0.467. The maximum atomic E-state index is 12.0. The lowest BCUT2D eigenvalue weighted by Crippen LogP contribution is -2.33.